The summed E-state index contributed by atoms with van der Waals surface area (Å²) >= 11 is 0. The van der Waals surface area contributed by atoms with Gasteiger partial charge in [-0.25, -0.2) is 4.98 Å². The van der Waals surface area contributed by atoms with Crippen LogP contribution in [0.15, 0.2) is 37.2 Å². The second-order valence-corrected chi connectivity index (χ2v) is 5.25. The van der Waals surface area contributed by atoms with Crippen LogP contribution in [0.2, 0.25) is 0 Å². The van der Waals surface area contributed by atoms with Crippen molar-refractivity contribution in [2.45, 2.75) is 31.8 Å². The second kappa shape index (κ2) is 5.48. The smallest absolute Gasteiger partial charge is 0.245 e. The largest absolute Gasteiger partial charge is 0.339 e. The average Bonchev–Trinajstić information content (AvgIpc) is 3.18. The molecule has 1 aliphatic heterocycles. The molecule has 0 saturated carbocycles. The second-order valence-electron chi connectivity index (χ2n) is 5.25. The third-order valence-electron chi connectivity index (χ3n) is 3.94. The molecule has 106 valence electrons. The molecule has 2 aromatic heterocycles. The molecule has 3 heterocycles. The fraction of sp³-hybridized carbons (Fsp3) is 0.500. The van der Waals surface area contributed by atoms with Crippen LogP contribution in [0.1, 0.15) is 31.8 Å². The summed E-state index contributed by atoms with van der Waals surface area (Å²) in [6.45, 7) is 3.48. The van der Waals surface area contributed by atoms with Gasteiger partial charge < -0.3 is 9.47 Å². The van der Waals surface area contributed by atoms with Crippen molar-refractivity contribution in [2.75, 3.05) is 13.1 Å². The van der Waals surface area contributed by atoms with Gasteiger partial charge >= 0.3 is 0 Å². The summed E-state index contributed by atoms with van der Waals surface area (Å²) in [7, 11) is 0. The van der Waals surface area contributed by atoms with Gasteiger partial charge in [0.25, 0.3) is 0 Å². The molecule has 1 saturated heterocycles. The van der Waals surface area contributed by atoms with Crippen LogP contribution in [0, 0.1) is 0 Å². The minimum absolute atomic E-state index is 0.153. The number of nitrogens with zero attached hydrogens (tertiary/aromatic N) is 5. The summed E-state index contributed by atoms with van der Waals surface area (Å²) in [5.41, 5.74) is 0. The van der Waals surface area contributed by atoms with E-state index in [4.69, 9.17) is 0 Å². The summed E-state index contributed by atoms with van der Waals surface area (Å²) in [4.78, 5) is 18.5. The Balaban J connectivity index is 1.69. The number of hydrogen-bond acceptors (Lipinski definition) is 3. The van der Waals surface area contributed by atoms with Gasteiger partial charge in [-0.05, 0) is 25.8 Å². The lowest BCUT2D eigenvalue weighted by molar-refractivity contribution is -0.136. The summed E-state index contributed by atoms with van der Waals surface area (Å²) < 4.78 is 3.81. The maximum Gasteiger partial charge on any atom is 0.245 e. The molecular weight excluding hydrogens is 254 g/mol. The maximum atomic E-state index is 12.6. The van der Waals surface area contributed by atoms with E-state index >= 15 is 0 Å². The molecule has 20 heavy (non-hydrogen) atoms. The van der Waals surface area contributed by atoms with E-state index in [9.17, 15) is 4.79 Å². The van der Waals surface area contributed by atoms with Crippen LogP contribution in [0.25, 0.3) is 0 Å². The number of aromatic nitrogens is 4. The van der Waals surface area contributed by atoms with Gasteiger partial charge in [0, 0.05) is 37.9 Å². The van der Waals surface area contributed by atoms with Crippen molar-refractivity contribution in [3.8, 4) is 0 Å². The van der Waals surface area contributed by atoms with Gasteiger partial charge in [0.05, 0.1) is 12.4 Å². The van der Waals surface area contributed by atoms with Crippen LogP contribution in [0.4, 0.5) is 0 Å². The number of hydrogen-bond donors (Lipinski definition) is 0. The fourth-order valence-corrected chi connectivity index (χ4v) is 2.76. The van der Waals surface area contributed by atoms with Crippen LogP contribution in [0.3, 0.4) is 0 Å². The van der Waals surface area contributed by atoms with E-state index in [0.29, 0.717) is 0 Å². The van der Waals surface area contributed by atoms with Gasteiger partial charge in [-0.3, -0.25) is 9.48 Å². The Kier molecular flexibility index (Phi) is 3.54. The van der Waals surface area contributed by atoms with E-state index in [0.717, 1.165) is 25.9 Å². The molecule has 2 aromatic rings. The van der Waals surface area contributed by atoms with Crippen molar-refractivity contribution in [1.29, 1.82) is 0 Å². The molecule has 1 amide bonds. The molecule has 0 N–H and O–H groups in total. The number of likely N-dealkylation sites (tertiary alicyclic amines) is 1. The first-order valence-electron chi connectivity index (χ1n) is 7.01. The monoisotopic (exact) mass is 273 g/mol. The van der Waals surface area contributed by atoms with Gasteiger partial charge in [-0.15, -0.1) is 0 Å². The number of carbonyl (C=O) groups is 1. The quantitative estimate of drug-likeness (QED) is 0.851. The Hall–Kier alpha value is -2.11. The standard InChI is InChI=1S/C14H19N5O/c1-12(18-9-6-15-11-18)14(20)17-7-2-4-13(10-17)19-8-3-5-16-19/h3,5-6,8-9,11-13H,2,4,7,10H2,1H3/t12-,13-/m0/s1. The first-order valence-corrected chi connectivity index (χ1v) is 7.01. The van der Waals surface area contributed by atoms with Crippen molar-refractivity contribution < 1.29 is 4.79 Å². The SMILES string of the molecule is C[C@@H](C(=O)N1CCC[C@H](n2cccn2)C1)n1ccnc1. The average molecular weight is 273 g/mol. The highest BCUT2D eigenvalue weighted by atomic mass is 16.2. The molecular formula is C14H19N5O. The van der Waals surface area contributed by atoms with Crippen molar-refractivity contribution >= 4 is 5.91 Å². The first kappa shape index (κ1) is 12.9. The Labute approximate surface area is 118 Å². The number of carbonyl (C=O) groups excluding carboxylic acids is 1. The minimum Gasteiger partial charge on any atom is -0.339 e. The molecule has 1 fully saturated rings. The number of amides is 1. The predicted octanol–water partition coefficient (Wildman–Crippen LogP) is 1.50. The molecule has 0 aliphatic carbocycles. The molecule has 0 radical (unpaired) electrons. The Morgan fingerprint density at radius 2 is 2.25 bits per heavy atom. The third-order valence-corrected chi connectivity index (χ3v) is 3.94. The number of piperidine rings is 1. The molecule has 0 aromatic carbocycles. The molecule has 1 aliphatic rings. The zero-order valence-corrected chi connectivity index (χ0v) is 11.6. The van der Waals surface area contributed by atoms with Gasteiger partial charge in [0.2, 0.25) is 5.91 Å². The normalized spacial score (nSPS) is 20.9. The Morgan fingerprint density at radius 1 is 1.35 bits per heavy atom. The van der Waals surface area contributed by atoms with E-state index in [1.54, 1.807) is 18.7 Å². The zero-order chi connectivity index (χ0) is 13.9. The minimum atomic E-state index is -0.200. The molecule has 6 nitrogen and oxygen atoms in total. The lowest BCUT2D eigenvalue weighted by atomic mass is 10.1. The van der Waals surface area contributed by atoms with E-state index in [1.165, 1.54) is 0 Å². The van der Waals surface area contributed by atoms with E-state index < -0.39 is 0 Å². The number of imidazole rings is 1. The van der Waals surface area contributed by atoms with Crippen LogP contribution in [0.5, 0.6) is 0 Å². The highest BCUT2D eigenvalue weighted by Crippen LogP contribution is 2.22. The predicted molar refractivity (Wildman–Crippen MR) is 74.0 cm³/mol. The summed E-state index contributed by atoms with van der Waals surface area (Å²) in [5.74, 6) is 0.153. The topological polar surface area (TPSA) is 56.0 Å². The lowest BCUT2D eigenvalue weighted by Crippen LogP contribution is -2.43. The highest BCUT2D eigenvalue weighted by Gasteiger charge is 2.28. The van der Waals surface area contributed by atoms with Crippen molar-refractivity contribution in [1.82, 2.24) is 24.2 Å². The molecule has 0 unspecified atom stereocenters. The van der Waals surface area contributed by atoms with Crippen LogP contribution in [-0.4, -0.2) is 43.2 Å². The van der Waals surface area contributed by atoms with Gasteiger partial charge in [-0.2, -0.15) is 5.10 Å². The van der Waals surface area contributed by atoms with E-state index in [1.807, 2.05) is 39.5 Å². The summed E-state index contributed by atoms with van der Waals surface area (Å²) in [6.07, 6.45) is 11.1. The number of rotatable bonds is 3. The van der Waals surface area contributed by atoms with Crippen LogP contribution < -0.4 is 0 Å². The van der Waals surface area contributed by atoms with Crippen LogP contribution >= 0.6 is 0 Å². The molecule has 6 heteroatoms. The van der Waals surface area contributed by atoms with Gasteiger partial charge in [0.1, 0.15) is 6.04 Å². The fourth-order valence-electron chi connectivity index (χ4n) is 2.76. The maximum absolute atomic E-state index is 12.6. The van der Waals surface area contributed by atoms with Crippen molar-refractivity contribution in [3.05, 3.63) is 37.2 Å². The Morgan fingerprint density at radius 3 is 2.95 bits per heavy atom. The Bertz CT molecular complexity index is 548. The van der Waals surface area contributed by atoms with Crippen LogP contribution in [-0.2, 0) is 4.79 Å². The summed E-state index contributed by atoms with van der Waals surface area (Å²) in [5, 5.41) is 4.29. The highest BCUT2D eigenvalue weighted by molar-refractivity contribution is 5.80. The lowest BCUT2D eigenvalue weighted by Gasteiger charge is -2.34. The molecule has 0 bridgehead atoms. The van der Waals surface area contributed by atoms with Gasteiger partial charge in [0.15, 0.2) is 0 Å². The first-order chi connectivity index (χ1) is 9.75. The van der Waals surface area contributed by atoms with E-state index in [2.05, 4.69) is 10.1 Å². The van der Waals surface area contributed by atoms with Gasteiger partial charge in [-0.1, -0.05) is 0 Å². The van der Waals surface area contributed by atoms with E-state index in [-0.39, 0.29) is 18.0 Å². The van der Waals surface area contributed by atoms with Crippen molar-refractivity contribution in [3.63, 3.8) is 0 Å². The van der Waals surface area contributed by atoms with Crippen molar-refractivity contribution in [2.24, 2.45) is 0 Å². The zero-order valence-electron chi connectivity index (χ0n) is 11.6. The molecule has 3 rings (SSSR count). The summed E-state index contributed by atoms with van der Waals surface area (Å²) in [6, 6.07) is 2.01. The molecule has 0 spiro atoms. The molecule has 2 atom stereocenters. The third kappa shape index (κ3) is 2.45.